The average Bonchev–Trinajstić information content (AvgIpc) is 2.47. The molecule has 0 atom stereocenters. The second-order valence-corrected chi connectivity index (χ2v) is 6.27. The Kier molecular flexibility index (Phi) is 3.55. The third-order valence-corrected chi connectivity index (χ3v) is 3.97. The van der Waals surface area contributed by atoms with E-state index in [4.69, 9.17) is 13.0 Å². The van der Waals surface area contributed by atoms with E-state index in [1.807, 2.05) is 6.07 Å². The number of rotatable bonds is 3. The number of aromatic nitrogens is 2. The third kappa shape index (κ3) is 3.08. The number of hydrogen-bond acceptors (Lipinski definition) is 5. The molecule has 3 rings (SSSR count). The van der Waals surface area contributed by atoms with Gasteiger partial charge in [-0.15, -0.1) is 0 Å². The monoisotopic (exact) mass is 310 g/mol. The summed E-state index contributed by atoms with van der Waals surface area (Å²) >= 11 is 0. The SMILES string of the molecule is [B]c1ccc2nc(Nc3ccc(S(N)(=O)=O)cc3)ncc2c1. The molecular weight excluding hydrogens is 299 g/mol. The van der Waals surface area contributed by atoms with Gasteiger partial charge < -0.3 is 5.32 Å². The van der Waals surface area contributed by atoms with Gasteiger partial charge in [-0.1, -0.05) is 17.6 Å². The molecule has 0 fully saturated rings. The molecule has 0 saturated carbocycles. The van der Waals surface area contributed by atoms with E-state index in [0.717, 1.165) is 10.9 Å². The number of primary sulfonamides is 1. The van der Waals surface area contributed by atoms with Crippen molar-refractivity contribution in [2.24, 2.45) is 5.14 Å². The zero-order valence-corrected chi connectivity index (χ0v) is 12.2. The molecule has 0 bridgehead atoms. The number of nitrogens with zero attached hydrogens (tertiary/aromatic N) is 2. The molecule has 108 valence electrons. The molecule has 0 aliphatic carbocycles. The fourth-order valence-corrected chi connectivity index (χ4v) is 2.48. The van der Waals surface area contributed by atoms with Gasteiger partial charge in [-0.3, -0.25) is 0 Å². The summed E-state index contributed by atoms with van der Waals surface area (Å²) in [5, 5.41) is 8.89. The van der Waals surface area contributed by atoms with Crippen LogP contribution in [-0.4, -0.2) is 26.2 Å². The van der Waals surface area contributed by atoms with Crippen LogP contribution in [0.15, 0.2) is 53.6 Å². The number of benzene rings is 2. The lowest BCUT2D eigenvalue weighted by Gasteiger charge is -2.07. The number of hydrogen-bond donors (Lipinski definition) is 2. The summed E-state index contributed by atoms with van der Waals surface area (Å²) in [6.45, 7) is 0. The van der Waals surface area contributed by atoms with Gasteiger partial charge in [0.15, 0.2) is 0 Å². The van der Waals surface area contributed by atoms with E-state index in [-0.39, 0.29) is 4.90 Å². The Balaban J connectivity index is 1.88. The summed E-state index contributed by atoms with van der Waals surface area (Å²) < 4.78 is 22.4. The van der Waals surface area contributed by atoms with Crippen LogP contribution in [0.5, 0.6) is 0 Å². The van der Waals surface area contributed by atoms with Crippen LogP contribution in [0, 0.1) is 0 Å². The Morgan fingerprint density at radius 3 is 2.50 bits per heavy atom. The number of fused-ring (bicyclic) bond motifs is 1. The summed E-state index contributed by atoms with van der Waals surface area (Å²) in [5.41, 5.74) is 2.06. The first-order valence-electron chi connectivity index (χ1n) is 6.34. The molecular formula is C14H11BN4O2S. The van der Waals surface area contributed by atoms with E-state index < -0.39 is 10.0 Å². The van der Waals surface area contributed by atoms with Crippen LogP contribution < -0.4 is 15.9 Å². The molecule has 8 heteroatoms. The molecule has 22 heavy (non-hydrogen) atoms. The lowest BCUT2D eigenvalue weighted by atomic mass is 9.95. The highest BCUT2D eigenvalue weighted by Gasteiger charge is 2.07. The van der Waals surface area contributed by atoms with Crippen molar-refractivity contribution < 1.29 is 8.42 Å². The Morgan fingerprint density at radius 2 is 1.82 bits per heavy atom. The Bertz CT molecular complexity index is 943. The van der Waals surface area contributed by atoms with Gasteiger partial charge in [0.1, 0.15) is 7.85 Å². The molecule has 0 aliphatic rings. The number of nitrogens with two attached hydrogens (primary N) is 1. The molecule has 0 aliphatic heterocycles. The smallest absolute Gasteiger partial charge is 0.238 e. The molecule has 6 nitrogen and oxygen atoms in total. The van der Waals surface area contributed by atoms with Gasteiger partial charge in [-0.25, -0.2) is 23.5 Å². The molecule has 0 unspecified atom stereocenters. The van der Waals surface area contributed by atoms with Gasteiger partial charge in [0.05, 0.1) is 10.4 Å². The van der Waals surface area contributed by atoms with Gasteiger partial charge in [0.25, 0.3) is 0 Å². The summed E-state index contributed by atoms with van der Waals surface area (Å²) in [4.78, 5) is 8.60. The maximum Gasteiger partial charge on any atom is 0.238 e. The predicted octanol–water partition coefficient (Wildman–Crippen LogP) is 0.815. The molecule has 1 aromatic heterocycles. The minimum absolute atomic E-state index is 0.0490. The summed E-state index contributed by atoms with van der Waals surface area (Å²) in [7, 11) is 2.01. The fourth-order valence-electron chi connectivity index (χ4n) is 1.97. The van der Waals surface area contributed by atoms with E-state index in [2.05, 4.69) is 15.3 Å². The van der Waals surface area contributed by atoms with Crippen molar-refractivity contribution in [3.8, 4) is 0 Å². The van der Waals surface area contributed by atoms with E-state index in [1.54, 1.807) is 30.5 Å². The quantitative estimate of drug-likeness (QED) is 0.698. The maximum absolute atomic E-state index is 11.2. The lowest BCUT2D eigenvalue weighted by Crippen LogP contribution is -2.11. The number of anilines is 2. The van der Waals surface area contributed by atoms with E-state index in [0.29, 0.717) is 17.1 Å². The standard InChI is InChI=1S/C14H11BN4O2S/c15-10-1-6-13-9(7-10)8-17-14(19-13)18-11-2-4-12(5-3-11)22(16,20)21/h1-8H,(H2,16,20,21)(H,17,18,19). The van der Waals surface area contributed by atoms with Crippen LogP contribution in [-0.2, 0) is 10.0 Å². The predicted molar refractivity (Wildman–Crippen MR) is 86.0 cm³/mol. The molecule has 0 saturated heterocycles. The minimum Gasteiger partial charge on any atom is -0.324 e. The second kappa shape index (κ2) is 5.40. The zero-order valence-electron chi connectivity index (χ0n) is 11.4. The highest BCUT2D eigenvalue weighted by molar-refractivity contribution is 7.89. The molecule has 2 radical (unpaired) electrons. The largest absolute Gasteiger partial charge is 0.324 e. The number of sulfonamides is 1. The van der Waals surface area contributed by atoms with Gasteiger partial charge in [-0.05, 0) is 30.3 Å². The van der Waals surface area contributed by atoms with Crippen molar-refractivity contribution in [1.82, 2.24) is 9.97 Å². The lowest BCUT2D eigenvalue weighted by molar-refractivity contribution is 0.598. The van der Waals surface area contributed by atoms with Crippen molar-refractivity contribution in [3.63, 3.8) is 0 Å². The molecule has 3 N–H and O–H groups in total. The Morgan fingerprint density at radius 1 is 1.09 bits per heavy atom. The summed E-state index contributed by atoms with van der Waals surface area (Å²) in [5.74, 6) is 0.403. The molecule has 0 amide bonds. The first kappa shape index (κ1) is 14.5. The van der Waals surface area contributed by atoms with E-state index in [9.17, 15) is 8.42 Å². The van der Waals surface area contributed by atoms with Crippen LogP contribution in [0.3, 0.4) is 0 Å². The van der Waals surface area contributed by atoms with Crippen molar-refractivity contribution in [2.75, 3.05) is 5.32 Å². The van der Waals surface area contributed by atoms with E-state index in [1.165, 1.54) is 12.1 Å². The normalized spacial score (nSPS) is 11.5. The molecule has 3 aromatic rings. The van der Waals surface area contributed by atoms with Gasteiger partial charge in [0.2, 0.25) is 16.0 Å². The van der Waals surface area contributed by atoms with Gasteiger partial charge in [-0.2, -0.15) is 0 Å². The third-order valence-electron chi connectivity index (χ3n) is 3.04. The van der Waals surface area contributed by atoms with Crippen molar-refractivity contribution in [1.29, 1.82) is 0 Å². The first-order chi connectivity index (χ1) is 10.4. The van der Waals surface area contributed by atoms with Crippen LogP contribution in [0.25, 0.3) is 10.9 Å². The van der Waals surface area contributed by atoms with Gasteiger partial charge in [0, 0.05) is 17.3 Å². The maximum atomic E-state index is 11.2. The van der Waals surface area contributed by atoms with Crippen LogP contribution in [0.4, 0.5) is 11.6 Å². The summed E-state index contributed by atoms with van der Waals surface area (Å²) in [6, 6.07) is 11.4. The fraction of sp³-hybridized carbons (Fsp3) is 0. The highest BCUT2D eigenvalue weighted by Crippen LogP contribution is 2.17. The van der Waals surface area contributed by atoms with E-state index >= 15 is 0 Å². The molecule has 2 aromatic carbocycles. The average molecular weight is 310 g/mol. The Hall–Kier alpha value is -2.45. The van der Waals surface area contributed by atoms with Crippen molar-refractivity contribution >= 4 is 45.9 Å². The Labute approximate surface area is 128 Å². The zero-order chi connectivity index (χ0) is 15.7. The van der Waals surface area contributed by atoms with Crippen molar-refractivity contribution in [2.45, 2.75) is 4.90 Å². The van der Waals surface area contributed by atoms with Crippen molar-refractivity contribution in [3.05, 3.63) is 48.7 Å². The molecule has 1 heterocycles. The first-order valence-corrected chi connectivity index (χ1v) is 7.89. The van der Waals surface area contributed by atoms with Gasteiger partial charge >= 0.3 is 0 Å². The highest BCUT2D eigenvalue weighted by atomic mass is 32.2. The minimum atomic E-state index is -3.70. The van der Waals surface area contributed by atoms with Crippen LogP contribution in [0.1, 0.15) is 0 Å². The number of nitrogens with one attached hydrogen (secondary N) is 1. The topological polar surface area (TPSA) is 98.0 Å². The van der Waals surface area contributed by atoms with Crippen LogP contribution >= 0.6 is 0 Å². The summed E-state index contributed by atoms with van der Waals surface area (Å²) in [6.07, 6.45) is 1.67. The molecule has 0 spiro atoms. The van der Waals surface area contributed by atoms with Crippen LogP contribution in [0.2, 0.25) is 0 Å². The second-order valence-electron chi connectivity index (χ2n) is 4.71.